The molecule has 0 N–H and O–H groups in total. The SMILES string of the molecule is CN1C(=O)c2ccc(-c3ccc(C=C(C#N)C#N)o3)cc2C1=O. The van der Waals surface area contributed by atoms with Gasteiger partial charge in [-0.05, 0) is 24.3 Å². The zero-order chi connectivity index (χ0) is 16.6. The third kappa shape index (κ3) is 2.29. The molecule has 0 fully saturated rings. The monoisotopic (exact) mass is 303 g/mol. The normalized spacial score (nSPS) is 12.6. The molecule has 2 heterocycles. The molecule has 2 amide bonds. The maximum Gasteiger partial charge on any atom is 0.261 e. The topological polar surface area (TPSA) is 98.1 Å². The average Bonchev–Trinajstić information content (AvgIpc) is 3.12. The molecule has 0 radical (unpaired) electrons. The van der Waals surface area contributed by atoms with Crippen LogP contribution < -0.4 is 0 Å². The van der Waals surface area contributed by atoms with E-state index in [-0.39, 0.29) is 17.4 Å². The van der Waals surface area contributed by atoms with Crippen LogP contribution in [0.3, 0.4) is 0 Å². The van der Waals surface area contributed by atoms with Crippen molar-refractivity contribution in [1.82, 2.24) is 4.90 Å². The second kappa shape index (κ2) is 5.28. The number of carbonyl (C=O) groups excluding carboxylic acids is 2. The molecule has 0 bridgehead atoms. The highest BCUT2D eigenvalue weighted by Gasteiger charge is 2.32. The van der Waals surface area contributed by atoms with Crippen LogP contribution in [-0.2, 0) is 0 Å². The summed E-state index contributed by atoms with van der Waals surface area (Å²) in [5, 5.41) is 17.5. The molecule has 1 aliphatic rings. The number of hydrogen-bond donors (Lipinski definition) is 0. The highest BCUT2D eigenvalue weighted by molar-refractivity contribution is 6.21. The fraction of sp³-hybridized carbons (Fsp3) is 0.0588. The van der Waals surface area contributed by atoms with Crippen molar-refractivity contribution < 1.29 is 14.0 Å². The first-order chi connectivity index (χ1) is 11.0. The number of rotatable bonds is 2. The van der Waals surface area contributed by atoms with Gasteiger partial charge in [0.1, 0.15) is 29.2 Å². The lowest BCUT2D eigenvalue weighted by molar-refractivity contribution is 0.0693. The lowest BCUT2D eigenvalue weighted by atomic mass is 10.0. The van der Waals surface area contributed by atoms with Gasteiger partial charge in [0, 0.05) is 18.7 Å². The van der Waals surface area contributed by atoms with Crippen molar-refractivity contribution in [2.24, 2.45) is 0 Å². The van der Waals surface area contributed by atoms with E-state index in [2.05, 4.69) is 0 Å². The van der Waals surface area contributed by atoms with Gasteiger partial charge in [-0.2, -0.15) is 10.5 Å². The summed E-state index contributed by atoms with van der Waals surface area (Å²) in [6.07, 6.45) is 1.33. The number of benzene rings is 1. The van der Waals surface area contributed by atoms with Gasteiger partial charge in [0.2, 0.25) is 0 Å². The third-order valence-corrected chi connectivity index (χ3v) is 3.53. The maximum atomic E-state index is 12.0. The minimum Gasteiger partial charge on any atom is -0.457 e. The Hall–Kier alpha value is -3.64. The molecule has 1 aliphatic heterocycles. The van der Waals surface area contributed by atoms with Gasteiger partial charge in [0.15, 0.2) is 0 Å². The summed E-state index contributed by atoms with van der Waals surface area (Å²) < 4.78 is 5.56. The molecule has 0 spiro atoms. The van der Waals surface area contributed by atoms with Crippen molar-refractivity contribution in [2.75, 3.05) is 7.05 Å². The van der Waals surface area contributed by atoms with E-state index in [0.717, 1.165) is 4.90 Å². The summed E-state index contributed by atoms with van der Waals surface area (Å²) in [7, 11) is 1.44. The summed E-state index contributed by atoms with van der Waals surface area (Å²) in [6, 6.07) is 11.7. The lowest BCUT2D eigenvalue weighted by Crippen LogP contribution is -2.24. The number of nitrogens with zero attached hydrogens (tertiary/aromatic N) is 3. The summed E-state index contributed by atoms with van der Waals surface area (Å²) in [5.74, 6) is 0.157. The molecule has 23 heavy (non-hydrogen) atoms. The number of amides is 2. The number of hydrogen-bond acceptors (Lipinski definition) is 5. The van der Waals surface area contributed by atoms with Gasteiger partial charge >= 0.3 is 0 Å². The van der Waals surface area contributed by atoms with Gasteiger partial charge in [-0.3, -0.25) is 14.5 Å². The average molecular weight is 303 g/mol. The molecule has 0 saturated heterocycles. The molecule has 1 aromatic carbocycles. The van der Waals surface area contributed by atoms with Crippen LogP contribution in [0.15, 0.2) is 40.3 Å². The van der Waals surface area contributed by atoms with Gasteiger partial charge < -0.3 is 4.42 Å². The minimum absolute atomic E-state index is 0.0674. The molecule has 110 valence electrons. The Bertz CT molecular complexity index is 938. The first-order valence-corrected chi connectivity index (χ1v) is 6.63. The summed E-state index contributed by atoms with van der Waals surface area (Å²) >= 11 is 0. The Morgan fingerprint density at radius 2 is 1.78 bits per heavy atom. The van der Waals surface area contributed by atoms with Crippen LogP contribution in [0.1, 0.15) is 26.5 Å². The highest BCUT2D eigenvalue weighted by Crippen LogP contribution is 2.29. The van der Waals surface area contributed by atoms with Crippen molar-refractivity contribution in [3.05, 3.63) is 52.8 Å². The molecule has 0 unspecified atom stereocenters. The number of fused-ring (bicyclic) bond motifs is 1. The highest BCUT2D eigenvalue weighted by atomic mass is 16.3. The van der Waals surface area contributed by atoms with Crippen LogP contribution in [0.5, 0.6) is 0 Å². The fourth-order valence-electron chi connectivity index (χ4n) is 2.33. The van der Waals surface area contributed by atoms with Crippen LogP contribution in [-0.4, -0.2) is 23.8 Å². The van der Waals surface area contributed by atoms with E-state index in [0.29, 0.717) is 28.2 Å². The lowest BCUT2D eigenvalue weighted by Gasteiger charge is -2.02. The second-order valence-electron chi connectivity index (χ2n) is 4.91. The van der Waals surface area contributed by atoms with Gasteiger partial charge in [-0.25, -0.2) is 0 Å². The van der Waals surface area contributed by atoms with E-state index >= 15 is 0 Å². The molecule has 3 rings (SSSR count). The third-order valence-electron chi connectivity index (χ3n) is 3.53. The van der Waals surface area contributed by atoms with Crippen molar-refractivity contribution in [1.29, 1.82) is 10.5 Å². The van der Waals surface area contributed by atoms with Crippen molar-refractivity contribution in [2.45, 2.75) is 0 Å². The molecule has 0 aliphatic carbocycles. The molecule has 0 saturated carbocycles. The van der Waals surface area contributed by atoms with Crippen LogP contribution in [0, 0.1) is 22.7 Å². The first-order valence-electron chi connectivity index (χ1n) is 6.63. The Morgan fingerprint density at radius 1 is 1.09 bits per heavy atom. The largest absolute Gasteiger partial charge is 0.457 e. The fourth-order valence-corrected chi connectivity index (χ4v) is 2.33. The molecule has 1 aromatic heterocycles. The molecule has 6 nitrogen and oxygen atoms in total. The van der Waals surface area contributed by atoms with E-state index in [1.165, 1.54) is 13.1 Å². The van der Waals surface area contributed by atoms with Crippen molar-refractivity contribution >= 4 is 17.9 Å². The van der Waals surface area contributed by atoms with E-state index in [9.17, 15) is 9.59 Å². The number of nitriles is 2. The van der Waals surface area contributed by atoms with Crippen molar-refractivity contribution in [3.63, 3.8) is 0 Å². The van der Waals surface area contributed by atoms with E-state index in [1.807, 2.05) is 0 Å². The molecule has 0 atom stereocenters. The smallest absolute Gasteiger partial charge is 0.261 e. The number of carbonyl (C=O) groups is 2. The zero-order valence-electron chi connectivity index (χ0n) is 12.0. The summed E-state index contributed by atoms with van der Waals surface area (Å²) in [4.78, 5) is 24.9. The second-order valence-corrected chi connectivity index (χ2v) is 4.91. The predicted octanol–water partition coefficient (Wildman–Crippen LogP) is 2.60. The van der Waals surface area contributed by atoms with Gasteiger partial charge in [0.25, 0.3) is 11.8 Å². The Labute approximate surface area is 131 Å². The Kier molecular flexibility index (Phi) is 3.29. The summed E-state index contributed by atoms with van der Waals surface area (Å²) in [5.41, 5.74) is 1.26. The molecular weight excluding hydrogens is 294 g/mol. The Morgan fingerprint density at radius 3 is 2.48 bits per heavy atom. The predicted molar refractivity (Wildman–Crippen MR) is 79.8 cm³/mol. The Balaban J connectivity index is 2.00. The van der Waals surface area contributed by atoms with E-state index < -0.39 is 0 Å². The van der Waals surface area contributed by atoms with Crippen LogP contribution in [0.4, 0.5) is 0 Å². The number of imide groups is 1. The quantitative estimate of drug-likeness (QED) is 0.627. The molecular formula is C17H9N3O3. The summed E-state index contributed by atoms with van der Waals surface area (Å²) in [6.45, 7) is 0. The minimum atomic E-state index is -0.352. The van der Waals surface area contributed by atoms with Crippen LogP contribution >= 0.6 is 0 Å². The maximum absolute atomic E-state index is 12.0. The van der Waals surface area contributed by atoms with E-state index in [4.69, 9.17) is 14.9 Å². The number of furan rings is 1. The van der Waals surface area contributed by atoms with Crippen molar-refractivity contribution in [3.8, 4) is 23.5 Å². The van der Waals surface area contributed by atoms with Gasteiger partial charge in [-0.1, -0.05) is 6.07 Å². The standard InChI is InChI=1S/C17H9N3O3/c1-20-16(21)13-4-2-11(7-14(13)17(20)22)15-5-3-12(23-15)6-10(8-18)9-19/h2-7H,1H3. The molecule has 2 aromatic rings. The van der Waals surface area contributed by atoms with Crippen LogP contribution in [0.2, 0.25) is 0 Å². The van der Waals surface area contributed by atoms with Crippen LogP contribution in [0.25, 0.3) is 17.4 Å². The molecule has 6 heteroatoms. The number of allylic oxidation sites excluding steroid dienone is 1. The zero-order valence-corrected chi connectivity index (χ0v) is 12.0. The van der Waals surface area contributed by atoms with Gasteiger partial charge in [-0.15, -0.1) is 0 Å². The van der Waals surface area contributed by atoms with E-state index in [1.54, 1.807) is 42.5 Å². The van der Waals surface area contributed by atoms with Gasteiger partial charge in [0.05, 0.1) is 11.1 Å². The first kappa shape index (κ1) is 14.3.